The Morgan fingerprint density at radius 1 is 1.53 bits per heavy atom. The molecule has 0 spiro atoms. The second kappa shape index (κ2) is 5.85. The highest BCUT2D eigenvalue weighted by atomic mass is 79.9. The first kappa shape index (κ1) is 13.0. The van der Waals surface area contributed by atoms with Gasteiger partial charge in [-0.3, -0.25) is 4.79 Å². The number of esters is 1. The molecule has 0 heterocycles. The molecule has 1 unspecified atom stereocenters. The molecule has 0 aromatic carbocycles. The zero-order valence-electron chi connectivity index (χ0n) is 9.51. The van der Waals surface area contributed by atoms with Crippen molar-refractivity contribution in [1.29, 1.82) is 0 Å². The molecule has 0 amide bonds. The number of rotatable bonds is 5. The van der Waals surface area contributed by atoms with E-state index in [9.17, 15) is 4.79 Å². The Morgan fingerprint density at radius 3 is 2.67 bits per heavy atom. The van der Waals surface area contributed by atoms with Crippen molar-refractivity contribution in [2.24, 2.45) is 5.41 Å². The van der Waals surface area contributed by atoms with Crippen LogP contribution in [0.1, 0.15) is 32.6 Å². The van der Waals surface area contributed by atoms with Crippen LogP contribution >= 0.6 is 15.9 Å². The maximum Gasteiger partial charge on any atom is 0.320 e. The average molecular weight is 278 g/mol. The number of halogens is 1. The molecule has 0 aromatic heterocycles. The number of carbonyl (C=O) groups excluding carboxylic acids is 1. The van der Waals surface area contributed by atoms with Gasteiger partial charge in [0.25, 0.3) is 0 Å². The van der Waals surface area contributed by atoms with Gasteiger partial charge in [0, 0.05) is 13.1 Å². The van der Waals surface area contributed by atoms with E-state index in [4.69, 9.17) is 0 Å². The number of carbonyl (C=O) groups is 1. The van der Waals surface area contributed by atoms with Crippen LogP contribution in [-0.2, 0) is 9.53 Å². The lowest BCUT2D eigenvalue weighted by Gasteiger charge is -2.24. The van der Waals surface area contributed by atoms with Gasteiger partial charge in [0.2, 0.25) is 0 Å². The van der Waals surface area contributed by atoms with Crippen molar-refractivity contribution < 1.29 is 9.53 Å². The molecule has 0 radical (unpaired) electrons. The van der Waals surface area contributed by atoms with Crippen molar-refractivity contribution in [1.82, 2.24) is 5.32 Å². The molecule has 0 saturated heterocycles. The summed E-state index contributed by atoms with van der Waals surface area (Å²) in [4.78, 5) is 10.9. The molecule has 1 fully saturated rings. The van der Waals surface area contributed by atoms with Gasteiger partial charge in [-0.1, -0.05) is 35.7 Å². The van der Waals surface area contributed by atoms with Crippen LogP contribution in [0.3, 0.4) is 0 Å². The standard InChI is InChI=1S/C11H20BrNO2/c1-11(5-3-4-6-11)8-13-7-9(12)10(14)15-2/h9,13H,3-8H2,1-2H3. The summed E-state index contributed by atoms with van der Waals surface area (Å²) >= 11 is 3.29. The van der Waals surface area contributed by atoms with Gasteiger partial charge in [-0.25, -0.2) is 0 Å². The lowest BCUT2D eigenvalue weighted by Crippen LogP contribution is -2.36. The van der Waals surface area contributed by atoms with E-state index in [1.807, 2.05) is 0 Å². The number of methoxy groups -OCH3 is 1. The van der Waals surface area contributed by atoms with Crippen LogP contribution in [0.5, 0.6) is 0 Å². The molecule has 1 aliphatic rings. The second-order valence-corrected chi connectivity index (χ2v) is 5.74. The first-order valence-corrected chi connectivity index (χ1v) is 6.42. The molecule has 3 nitrogen and oxygen atoms in total. The molecule has 15 heavy (non-hydrogen) atoms. The monoisotopic (exact) mass is 277 g/mol. The van der Waals surface area contributed by atoms with Crippen molar-refractivity contribution >= 4 is 21.9 Å². The quantitative estimate of drug-likeness (QED) is 0.618. The van der Waals surface area contributed by atoms with Gasteiger partial charge in [0.05, 0.1) is 7.11 Å². The normalized spacial score (nSPS) is 21.3. The summed E-state index contributed by atoms with van der Waals surface area (Å²) in [6.45, 7) is 3.95. The van der Waals surface area contributed by atoms with Gasteiger partial charge < -0.3 is 10.1 Å². The van der Waals surface area contributed by atoms with E-state index in [1.165, 1.54) is 32.8 Å². The largest absolute Gasteiger partial charge is 0.468 e. The predicted octanol–water partition coefficient (Wildman–Crippen LogP) is 2.09. The van der Waals surface area contributed by atoms with Gasteiger partial charge in [-0.2, -0.15) is 0 Å². The molecule has 0 aromatic rings. The Bertz CT molecular complexity index is 215. The Morgan fingerprint density at radius 2 is 2.13 bits per heavy atom. The Balaban J connectivity index is 2.18. The molecule has 0 bridgehead atoms. The Kier molecular flexibility index (Phi) is 5.06. The third-order valence-corrected chi connectivity index (χ3v) is 3.84. The first-order valence-electron chi connectivity index (χ1n) is 5.50. The number of alkyl halides is 1. The van der Waals surface area contributed by atoms with E-state index in [-0.39, 0.29) is 10.8 Å². The fraction of sp³-hybridized carbons (Fsp3) is 0.909. The van der Waals surface area contributed by atoms with Gasteiger partial charge >= 0.3 is 5.97 Å². The SMILES string of the molecule is COC(=O)C(Br)CNCC1(C)CCCC1. The van der Waals surface area contributed by atoms with Crippen LogP contribution < -0.4 is 5.32 Å². The van der Waals surface area contributed by atoms with E-state index >= 15 is 0 Å². The van der Waals surface area contributed by atoms with Gasteiger partial charge in [-0.05, 0) is 18.3 Å². The van der Waals surface area contributed by atoms with Crippen molar-refractivity contribution in [3.63, 3.8) is 0 Å². The third kappa shape index (κ3) is 4.11. The zero-order chi connectivity index (χ0) is 11.3. The smallest absolute Gasteiger partial charge is 0.320 e. The van der Waals surface area contributed by atoms with Crippen LogP contribution in [-0.4, -0.2) is 31.0 Å². The minimum atomic E-state index is -0.229. The van der Waals surface area contributed by atoms with E-state index in [0.717, 1.165) is 6.54 Å². The number of nitrogens with one attached hydrogen (secondary N) is 1. The van der Waals surface area contributed by atoms with Gasteiger partial charge in [0.15, 0.2) is 0 Å². The summed E-state index contributed by atoms with van der Waals surface area (Å²) in [5.74, 6) is -0.209. The fourth-order valence-electron chi connectivity index (χ4n) is 2.12. The highest BCUT2D eigenvalue weighted by Gasteiger charge is 2.28. The summed E-state index contributed by atoms with van der Waals surface area (Å²) in [7, 11) is 1.41. The van der Waals surface area contributed by atoms with Crippen LogP contribution in [0.25, 0.3) is 0 Å². The summed E-state index contributed by atoms with van der Waals surface area (Å²) in [6.07, 6.45) is 5.27. The van der Waals surface area contributed by atoms with E-state index < -0.39 is 0 Å². The lowest BCUT2D eigenvalue weighted by atomic mass is 9.89. The molecule has 0 aliphatic heterocycles. The highest BCUT2D eigenvalue weighted by molar-refractivity contribution is 9.10. The molecule has 1 N–H and O–H groups in total. The summed E-state index contributed by atoms with van der Waals surface area (Å²) in [5.41, 5.74) is 0.433. The number of ether oxygens (including phenoxy) is 1. The summed E-state index contributed by atoms with van der Waals surface area (Å²) in [5, 5.41) is 3.34. The fourth-order valence-corrected chi connectivity index (χ4v) is 2.53. The number of hydrogen-bond donors (Lipinski definition) is 1. The maximum absolute atomic E-state index is 11.1. The summed E-state index contributed by atoms with van der Waals surface area (Å²) < 4.78 is 4.63. The van der Waals surface area contributed by atoms with Crippen molar-refractivity contribution in [2.75, 3.05) is 20.2 Å². The van der Waals surface area contributed by atoms with Crippen LogP contribution in [0.2, 0.25) is 0 Å². The highest BCUT2D eigenvalue weighted by Crippen LogP contribution is 2.36. The molecule has 1 aliphatic carbocycles. The molecule has 1 atom stereocenters. The van der Waals surface area contributed by atoms with Crippen LogP contribution in [0.15, 0.2) is 0 Å². The topological polar surface area (TPSA) is 38.3 Å². The number of hydrogen-bond acceptors (Lipinski definition) is 3. The zero-order valence-corrected chi connectivity index (χ0v) is 11.1. The molecule has 4 heteroatoms. The molecule has 1 rings (SSSR count). The molecular weight excluding hydrogens is 258 g/mol. The Labute approximate surface area is 100 Å². The first-order chi connectivity index (χ1) is 7.07. The summed E-state index contributed by atoms with van der Waals surface area (Å²) in [6, 6.07) is 0. The molecular formula is C11H20BrNO2. The predicted molar refractivity (Wildman–Crippen MR) is 64.2 cm³/mol. The molecule has 88 valence electrons. The minimum absolute atomic E-state index is 0.209. The second-order valence-electron chi connectivity index (χ2n) is 4.64. The maximum atomic E-state index is 11.1. The van der Waals surface area contributed by atoms with E-state index in [0.29, 0.717) is 12.0 Å². The van der Waals surface area contributed by atoms with Crippen LogP contribution in [0.4, 0.5) is 0 Å². The van der Waals surface area contributed by atoms with Crippen molar-refractivity contribution in [2.45, 2.75) is 37.4 Å². The van der Waals surface area contributed by atoms with Crippen molar-refractivity contribution in [3.05, 3.63) is 0 Å². The van der Waals surface area contributed by atoms with Crippen LogP contribution in [0, 0.1) is 5.41 Å². The van der Waals surface area contributed by atoms with Gasteiger partial charge in [-0.15, -0.1) is 0 Å². The Hall–Kier alpha value is -0.0900. The molecule has 1 saturated carbocycles. The third-order valence-electron chi connectivity index (χ3n) is 3.14. The average Bonchev–Trinajstić information content (AvgIpc) is 2.64. The minimum Gasteiger partial charge on any atom is -0.468 e. The van der Waals surface area contributed by atoms with Crippen molar-refractivity contribution in [3.8, 4) is 0 Å². The lowest BCUT2D eigenvalue weighted by molar-refractivity contribution is -0.139. The van der Waals surface area contributed by atoms with E-state index in [2.05, 4.69) is 32.9 Å². The van der Waals surface area contributed by atoms with Gasteiger partial charge in [0.1, 0.15) is 4.83 Å². The van der Waals surface area contributed by atoms with E-state index in [1.54, 1.807) is 0 Å².